The molecule has 4 rings (SSSR count). The second-order valence-electron chi connectivity index (χ2n) is 6.87. The van der Waals surface area contributed by atoms with E-state index in [0.29, 0.717) is 11.7 Å². The van der Waals surface area contributed by atoms with Crippen LogP contribution in [0.4, 0.5) is 5.13 Å². The summed E-state index contributed by atoms with van der Waals surface area (Å²) in [6, 6.07) is 19.1. The Kier molecular flexibility index (Phi) is 5.90. The number of carbonyl (C=O) groups excluding carboxylic acids is 2. The number of nitrogens with zero attached hydrogens (tertiary/aromatic N) is 2. The zero-order valence-electron chi connectivity index (χ0n) is 16.5. The van der Waals surface area contributed by atoms with Crippen LogP contribution in [-0.2, 0) is 11.3 Å². The molecule has 2 heterocycles. The third kappa shape index (κ3) is 4.41. The van der Waals surface area contributed by atoms with Crippen molar-refractivity contribution >= 4 is 38.5 Å². The van der Waals surface area contributed by atoms with Crippen LogP contribution in [0.1, 0.15) is 28.1 Å². The lowest BCUT2D eigenvalue weighted by Gasteiger charge is -2.20. The van der Waals surface area contributed by atoms with E-state index in [2.05, 4.69) is 5.32 Å². The molecular formula is C23H21N3O3S. The molecule has 30 heavy (non-hydrogen) atoms. The predicted molar refractivity (Wildman–Crippen MR) is 118 cm³/mol. The Labute approximate surface area is 178 Å². The molecule has 7 heteroatoms. The molecule has 2 aromatic carbocycles. The Bertz CT molecular complexity index is 1150. The molecule has 6 nitrogen and oxygen atoms in total. The number of hydrogen-bond acceptors (Lipinski definition) is 5. The lowest BCUT2D eigenvalue weighted by Crippen LogP contribution is -2.34. The van der Waals surface area contributed by atoms with E-state index in [4.69, 9.17) is 9.40 Å². The fraction of sp³-hybridized carbons (Fsp3) is 0.174. The van der Waals surface area contributed by atoms with Crippen molar-refractivity contribution in [3.63, 3.8) is 0 Å². The largest absolute Gasteiger partial charge is 0.459 e. The Balaban J connectivity index is 1.52. The number of aromatic nitrogens is 1. The van der Waals surface area contributed by atoms with Gasteiger partial charge in [0.15, 0.2) is 10.9 Å². The van der Waals surface area contributed by atoms with Crippen molar-refractivity contribution in [2.45, 2.75) is 19.9 Å². The minimum absolute atomic E-state index is 0.102. The molecule has 1 N–H and O–H groups in total. The highest BCUT2D eigenvalue weighted by atomic mass is 32.1. The van der Waals surface area contributed by atoms with Crippen LogP contribution in [0.15, 0.2) is 71.3 Å². The molecule has 0 saturated heterocycles. The molecular weight excluding hydrogens is 398 g/mol. The number of amides is 2. The average Bonchev–Trinajstić information content (AvgIpc) is 3.43. The maximum absolute atomic E-state index is 13.1. The van der Waals surface area contributed by atoms with Crippen LogP contribution in [0, 0.1) is 6.92 Å². The van der Waals surface area contributed by atoms with Crippen LogP contribution in [0.25, 0.3) is 10.2 Å². The normalized spacial score (nSPS) is 10.8. The summed E-state index contributed by atoms with van der Waals surface area (Å²) in [5.41, 5.74) is 3.00. The summed E-state index contributed by atoms with van der Waals surface area (Å²) >= 11 is 1.50. The number of nitrogens with one attached hydrogen (secondary N) is 1. The number of para-hydroxylation sites is 1. The summed E-state index contributed by atoms with van der Waals surface area (Å²) in [6.45, 7) is 2.65. The third-order valence-corrected chi connectivity index (χ3v) is 5.74. The zero-order chi connectivity index (χ0) is 20.9. The second-order valence-corrected chi connectivity index (χ2v) is 7.88. The van der Waals surface area contributed by atoms with Crippen molar-refractivity contribution < 1.29 is 14.0 Å². The molecule has 0 fully saturated rings. The average molecular weight is 420 g/mol. The van der Waals surface area contributed by atoms with Crippen molar-refractivity contribution in [2.24, 2.45) is 0 Å². The number of anilines is 1. The number of rotatable bonds is 7. The fourth-order valence-electron chi connectivity index (χ4n) is 3.13. The number of fused-ring (bicyclic) bond motifs is 1. The minimum Gasteiger partial charge on any atom is -0.459 e. The first-order valence-corrected chi connectivity index (χ1v) is 10.5. The van der Waals surface area contributed by atoms with Gasteiger partial charge in [-0.3, -0.25) is 14.5 Å². The van der Waals surface area contributed by atoms with Crippen molar-refractivity contribution in [3.8, 4) is 0 Å². The molecule has 0 unspecified atom stereocenters. The summed E-state index contributed by atoms with van der Waals surface area (Å²) in [5.74, 6) is -0.210. The molecule has 0 aliphatic rings. The summed E-state index contributed by atoms with van der Waals surface area (Å²) in [5, 5.41) is 3.38. The van der Waals surface area contributed by atoms with Gasteiger partial charge in [-0.15, -0.1) is 0 Å². The van der Waals surface area contributed by atoms with Gasteiger partial charge in [-0.25, -0.2) is 4.98 Å². The van der Waals surface area contributed by atoms with Crippen LogP contribution in [0.3, 0.4) is 0 Å². The summed E-state index contributed by atoms with van der Waals surface area (Å²) < 4.78 is 6.12. The molecule has 152 valence electrons. The molecule has 2 aromatic heterocycles. The van der Waals surface area contributed by atoms with E-state index >= 15 is 0 Å². The molecule has 0 bridgehead atoms. The molecule has 4 aromatic rings. The van der Waals surface area contributed by atoms with E-state index in [9.17, 15) is 9.59 Å². The smallest absolute Gasteiger partial charge is 0.286 e. The minimum atomic E-state index is -0.335. The molecule has 2 amide bonds. The van der Waals surface area contributed by atoms with Crippen molar-refractivity contribution in [2.75, 3.05) is 11.4 Å². The van der Waals surface area contributed by atoms with Gasteiger partial charge in [-0.2, -0.15) is 0 Å². The lowest BCUT2D eigenvalue weighted by atomic mass is 10.2. The number of thiazole rings is 1. The van der Waals surface area contributed by atoms with Gasteiger partial charge < -0.3 is 9.73 Å². The van der Waals surface area contributed by atoms with E-state index in [1.807, 2.05) is 55.5 Å². The summed E-state index contributed by atoms with van der Waals surface area (Å²) in [7, 11) is 0. The van der Waals surface area contributed by atoms with E-state index in [1.54, 1.807) is 17.0 Å². The Morgan fingerprint density at radius 3 is 2.63 bits per heavy atom. The topological polar surface area (TPSA) is 75.4 Å². The monoisotopic (exact) mass is 419 g/mol. The quantitative estimate of drug-likeness (QED) is 0.477. The molecule has 0 saturated carbocycles. The van der Waals surface area contributed by atoms with Gasteiger partial charge in [-0.05, 0) is 36.2 Å². The van der Waals surface area contributed by atoms with Gasteiger partial charge in [0.1, 0.15) is 0 Å². The first-order valence-electron chi connectivity index (χ1n) is 9.64. The summed E-state index contributed by atoms with van der Waals surface area (Å²) in [6.07, 6.45) is 1.60. The van der Waals surface area contributed by atoms with Gasteiger partial charge in [0.2, 0.25) is 5.91 Å². The molecule has 0 aliphatic heterocycles. The van der Waals surface area contributed by atoms with Gasteiger partial charge in [-0.1, -0.05) is 53.8 Å². The van der Waals surface area contributed by atoms with E-state index < -0.39 is 0 Å². The fourth-order valence-corrected chi connectivity index (χ4v) is 4.19. The maximum atomic E-state index is 13.1. The van der Waals surface area contributed by atoms with Gasteiger partial charge in [0.05, 0.1) is 23.0 Å². The van der Waals surface area contributed by atoms with Gasteiger partial charge in [0.25, 0.3) is 5.91 Å². The van der Waals surface area contributed by atoms with Crippen LogP contribution in [0.2, 0.25) is 0 Å². The van der Waals surface area contributed by atoms with Gasteiger partial charge in [0, 0.05) is 13.0 Å². The van der Waals surface area contributed by atoms with Crippen molar-refractivity contribution in [3.05, 3.63) is 83.8 Å². The third-order valence-electron chi connectivity index (χ3n) is 4.69. The van der Waals surface area contributed by atoms with Gasteiger partial charge >= 0.3 is 0 Å². The van der Waals surface area contributed by atoms with Crippen LogP contribution < -0.4 is 10.2 Å². The highest BCUT2D eigenvalue weighted by Gasteiger charge is 2.21. The van der Waals surface area contributed by atoms with E-state index in [1.165, 1.54) is 17.6 Å². The Morgan fingerprint density at radius 1 is 1.07 bits per heavy atom. The number of aryl methyl sites for hydroxylation is 1. The predicted octanol–water partition coefficient (Wildman–Crippen LogP) is 4.55. The summed E-state index contributed by atoms with van der Waals surface area (Å²) in [4.78, 5) is 31.6. The van der Waals surface area contributed by atoms with E-state index in [-0.39, 0.29) is 30.5 Å². The van der Waals surface area contributed by atoms with Crippen LogP contribution in [-0.4, -0.2) is 23.3 Å². The first-order chi connectivity index (χ1) is 14.6. The number of carbonyl (C=O) groups is 2. The Hall–Kier alpha value is -3.45. The van der Waals surface area contributed by atoms with E-state index in [0.717, 1.165) is 21.3 Å². The lowest BCUT2D eigenvalue weighted by molar-refractivity contribution is -0.118. The Morgan fingerprint density at radius 2 is 1.90 bits per heavy atom. The van der Waals surface area contributed by atoms with Crippen LogP contribution >= 0.6 is 11.3 Å². The number of benzene rings is 2. The SMILES string of the molecule is Cc1cccc2sc(N(Cc3ccccc3)C(=O)CCNC(=O)c3ccco3)nc12. The highest BCUT2D eigenvalue weighted by Crippen LogP contribution is 2.31. The molecule has 0 atom stereocenters. The highest BCUT2D eigenvalue weighted by molar-refractivity contribution is 7.22. The van der Waals surface area contributed by atoms with Crippen molar-refractivity contribution in [1.29, 1.82) is 0 Å². The molecule has 0 radical (unpaired) electrons. The second kappa shape index (κ2) is 8.92. The number of furan rings is 1. The maximum Gasteiger partial charge on any atom is 0.286 e. The standard InChI is InChI=1S/C23H21N3O3S/c1-16-7-5-11-19-21(16)25-23(30-19)26(15-17-8-3-2-4-9-17)20(27)12-13-24-22(28)18-10-6-14-29-18/h2-11,14H,12-13,15H2,1H3,(H,24,28). The van der Waals surface area contributed by atoms with Crippen LogP contribution in [0.5, 0.6) is 0 Å². The molecule has 0 spiro atoms. The number of hydrogen-bond donors (Lipinski definition) is 1. The zero-order valence-corrected chi connectivity index (χ0v) is 17.3. The first kappa shape index (κ1) is 19.8. The molecule has 0 aliphatic carbocycles. The van der Waals surface area contributed by atoms with Crippen molar-refractivity contribution in [1.82, 2.24) is 10.3 Å².